The molecule has 0 bridgehead atoms. The van der Waals surface area contributed by atoms with E-state index in [1.165, 1.54) is 0 Å². The minimum atomic E-state index is -0.178. The van der Waals surface area contributed by atoms with Gasteiger partial charge >= 0.3 is 0 Å². The third-order valence-electron chi connectivity index (χ3n) is 4.12. The highest BCUT2D eigenvalue weighted by Crippen LogP contribution is 2.27. The van der Waals surface area contributed by atoms with Crippen LogP contribution in [-0.2, 0) is 4.79 Å². The van der Waals surface area contributed by atoms with Crippen LogP contribution < -0.4 is 19.5 Å². The first kappa shape index (κ1) is 20.6. The number of carbonyl (C=O) groups excluding carboxylic acids is 1. The van der Waals surface area contributed by atoms with Crippen molar-refractivity contribution in [3.05, 3.63) is 53.6 Å². The van der Waals surface area contributed by atoms with E-state index in [0.29, 0.717) is 24.0 Å². The van der Waals surface area contributed by atoms with Crippen LogP contribution in [0.4, 0.5) is 0 Å². The van der Waals surface area contributed by atoms with Crippen LogP contribution in [-0.4, -0.2) is 32.3 Å². The lowest BCUT2D eigenvalue weighted by Crippen LogP contribution is -2.39. The van der Waals surface area contributed by atoms with Crippen molar-refractivity contribution >= 4 is 5.91 Å². The second-order valence-corrected chi connectivity index (χ2v) is 6.92. The molecule has 146 valence electrons. The maximum Gasteiger partial charge on any atom is 0.258 e. The molecule has 0 saturated carbocycles. The largest absolute Gasteiger partial charge is 0.493 e. The molecule has 1 N–H and O–H groups in total. The SMILES string of the molecule is COc1ccccc1OCC(C)NC(=O)COc1cc(C)ccc1C(C)C. The smallest absolute Gasteiger partial charge is 0.258 e. The molecule has 2 aromatic carbocycles. The van der Waals surface area contributed by atoms with Crippen LogP contribution in [0.5, 0.6) is 17.2 Å². The topological polar surface area (TPSA) is 56.8 Å². The molecule has 0 aliphatic carbocycles. The highest BCUT2D eigenvalue weighted by atomic mass is 16.5. The van der Waals surface area contributed by atoms with Crippen molar-refractivity contribution in [2.45, 2.75) is 39.7 Å². The lowest BCUT2D eigenvalue weighted by atomic mass is 10.0. The molecule has 5 heteroatoms. The lowest BCUT2D eigenvalue weighted by molar-refractivity contribution is -0.123. The van der Waals surface area contributed by atoms with Crippen LogP contribution >= 0.6 is 0 Å². The van der Waals surface area contributed by atoms with Crippen molar-refractivity contribution in [3.8, 4) is 17.2 Å². The van der Waals surface area contributed by atoms with E-state index in [9.17, 15) is 4.79 Å². The van der Waals surface area contributed by atoms with Gasteiger partial charge in [0, 0.05) is 0 Å². The summed E-state index contributed by atoms with van der Waals surface area (Å²) < 4.78 is 16.8. The zero-order valence-electron chi connectivity index (χ0n) is 16.7. The first-order valence-corrected chi connectivity index (χ1v) is 9.19. The zero-order valence-corrected chi connectivity index (χ0v) is 16.7. The summed E-state index contributed by atoms with van der Waals surface area (Å²) in [5, 5.41) is 2.89. The first-order chi connectivity index (χ1) is 12.9. The van der Waals surface area contributed by atoms with Gasteiger partial charge in [-0.05, 0) is 49.1 Å². The summed E-state index contributed by atoms with van der Waals surface area (Å²) in [5.74, 6) is 2.23. The van der Waals surface area contributed by atoms with Gasteiger partial charge in [-0.15, -0.1) is 0 Å². The normalized spacial score (nSPS) is 11.8. The van der Waals surface area contributed by atoms with Crippen LogP contribution in [0, 0.1) is 6.92 Å². The van der Waals surface area contributed by atoms with Crippen LogP contribution in [0.1, 0.15) is 37.8 Å². The monoisotopic (exact) mass is 371 g/mol. The van der Waals surface area contributed by atoms with E-state index < -0.39 is 0 Å². The molecule has 0 fully saturated rings. The minimum absolute atomic E-state index is 0.0256. The maximum absolute atomic E-state index is 12.2. The van der Waals surface area contributed by atoms with Gasteiger partial charge < -0.3 is 19.5 Å². The summed E-state index contributed by atoms with van der Waals surface area (Å²) in [5.41, 5.74) is 2.20. The average molecular weight is 371 g/mol. The molecule has 0 aliphatic rings. The fourth-order valence-electron chi connectivity index (χ4n) is 2.70. The minimum Gasteiger partial charge on any atom is -0.493 e. The molecular weight excluding hydrogens is 342 g/mol. The number of carbonyl (C=O) groups is 1. The molecule has 0 spiro atoms. The summed E-state index contributed by atoms with van der Waals surface area (Å²) in [7, 11) is 1.60. The zero-order chi connectivity index (χ0) is 19.8. The Morgan fingerprint density at radius 1 is 1.00 bits per heavy atom. The highest BCUT2D eigenvalue weighted by molar-refractivity contribution is 5.77. The van der Waals surface area contributed by atoms with E-state index in [1.54, 1.807) is 7.11 Å². The van der Waals surface area contributed by atoms with Crippen LogP contribution in [0.3, 0.4) is 0 Å². The number of nitrogens with one attached hydrogen (secondary N) is 1. The number of ether oxygens (including phenoxy) is 3. The predicted molar refractivity (Wildman–Crippen MR) is 107 cm³/mol. The quantitative estimate of drug-likeness (QED) is 0.721. The summed E-state index contributed by atoms with van der Waals surface area (Å²) in [6, 6.07) is 13.3. The maximum atomic E-state index is 12.2. The molecule has 0 heterocycles. The van der Waals surface area contributed by atoms with Gasteiger partial charge in [0.05, 0.1) is 13.2 Å². The highest BCUT2D eigenvalue weighted by Gasteiger charge is 2.13. The lowest BCUT2D eigenvalue weighted by Gasteiger charge is -2.18. The molecular formula is C22H29NO4. The summed E-state index contributed by atoms with van der Waals surface area (Å²) in [4.78, 5) is 12.2. The van der Waals surface area contributed by atoms with E-state index in [4.69, 9.17) is 14.2 Å². The van der Waals surface area contributed by atoms with Crippen LogP contribution in [0.15, 0.2) is 42.5 Å². The second kappa shape index (κ2) is 9.86. The molecule has 1 atom stereocenters. The summed E-state index contributed by atoms with van der Waals surface area (Å²) in [6.45, 7) is 8.42. The van der Waals surface area contributed by atoms with E-state index in [2.05, 4.69) is 31.3 Å². The number of benzene rings is 2. The molecule has 27 heavy (non-hydrogen) atoms. The van der Waals surface area contributed by atoms with Gasteiger partial charge in [-0.1, -0.05) is 38.1 Å². The Morgan fingerprint density at radius 3 is 2.37 bits per heavy atom. The van der Waals surface area contributed by atoms with Crippen molar-refractivity contribution in [2.24, 2.45) is 0 Å². The average Bonchev–Trinajstić information content (AvgIpc) is 2.64. The Kier molecular flexibility index (Phi) is 7.53. The van der Waals surface area contributed by atoms with Gasteiger partial charge in [0.15, 0.2) is 18.1 Å². The molecule has 0 saturated heterocycles. The molecule has 0 aromatic heterocycles. The van der Waals surface area contributed by atoms with Crippen molar-refractivity contribution in [1.29, 1.82) is 0 Å². The number of para-hydroxylation sites is 2. The number of methoxy groups -OCH3 is 1. The van der Waals surface area contributed by atoms with E-state index >= 15 is 0 Å². The third-order valence-corrected chi connectivity index (χ3v) is 4.12. The fraction of sp³-hybridized carbons (Fsp3) is 0.409. The Balaban J connectivity index is 1.84. The number of hydrogen-bond donors (Lipinski definition) is 1. The third kappa shape index (κ3) is 6.20. The summed E-state index contributed by atoms with van der Waals surface area (Å²) in [6.07, 6.45) is 0. The number of rotatable bonds is 9. The van der Waals surface area contributed by atoms with Gasteiger partial charge in [-0.25, -0.2) is 0 Å². The van der Waals surface area contributed by atoms with Crippen molar-refractivity contribution in [2.75, 3.05) is 20.3 Å². The van der Waals surface area contributed by atoms with Gasteiger partial charge in [0.25, 0.3) is 5.91 Å². The van der Waals surface area contributed by atoms with Crippen LogP contribution in [0.25, 0.3) is 0 Å². The number of hydrogen-bond acceptors (Lipinski definition) is 4. The molecule has 0 aliphatic heterocycles. The Morgan fingerprint density at radius 2 is 1.70 bits per heavy atom. The predicted octanol–water partition coefficient (Wildman–Crippen LogP) is 4.09. The Hall–Kier alpha value is -2.69. The molecule has 5 nitrogen and oxygen atoms in total. The van der Waals surface area contributed by atoms with E-state index in [0.717, 1.165) is 16.9 Å². The van der Waals surface area contributed by atoms with Crippen molar-refractivity contribution < 1.29 is 19.0 Å². The molecule has 2 rings (SSSR count). The van der Waals surface area contributed by atoms with Gasteiger partial charge in [0.2, 0.25) is 0 Å². The van der Waals surface area contributed by atoms with Crippen LogP contribution in [0.2, 0.25) is 0 Å². The number of amides is 1. The Labute approximate surface area is 161 Å². The first-order valence-electron chi connectivity index (χ1n) is 9.19. The standard InChI is InChI=1S/C22H29NO4/c1-15(2)18-11-10-16(3)12-21(18)27-14-22(24)23-17(4)13-26-20-9-7-6-8-19(20)25-5/h6-12,15,17H,13-14H2,1-5H3,(H,23,24). The van der Waals surface area contributed by atoms with Gasteiger partial charge in [0.1, 0.15) is 12.4 Å². The molecule has 1 amide bonds. The summed E-state index contributed by atoms with van der Waals surface area (Å²) >= 11 is 0. The molecule has 0 radical (unpaired) electrons. The van der Waals surface area contributed by atoms with Crippen molar-refractivity contribution in [3.63, 3.8) is 0 Å². The number of aryl methyl sites for hydroxylation is 1. The van der Waals surface area contributed by atoms with Gasteiger partial charge in [-0.3, -0.25) is 4.79 Å². The molecule has 2 aromatic rings. The van der Waals surface area contributed by atoms with E-state index in [1.807, 2.05) is 44.2 Å². The van der Waals surface area contributed by atoms with Gasteiger partial charge in [-0.2, -0.15) is 0 Å². The fourth-order valence-corrected chi connectivity index (χ4v) is 2.70. The Bertz CT molecular complexity index is 758. The van der Waals surface area contributed by atoms with Crippen molar-refractivity contribution in [1.82, 2.24) is 5.32 Å². The second-order valence-electron chi connectivity index (χ2n) is 6.92. The molecule has 1 unspecified atom stereocenters. The van der Waals surface area contributed by atoms with E-state index in [-0.39, 0.29) is 18.6 Å².